The second-order valence-electron chi connectivity index (χ2n) is 4.73. The summed E-state index contributed by atoms with van der Waals surface area (Å²) in [6.45, 7) is 0.797. The van der Waals surface area contributed by atoms with Crippen molar-refractivity contribution in [3.8, 4) is 11.8 Å². The summed E-state index contributed by atoms with van der Waals surface area (Å²) in [7, 11) is 0. The largest absolute Gasteiger partial charge is 0.492 e. The van der Waals surface area contributed by atoms with Crippen LogP contribution in [0, 0.1) is 0 Å². The molecule has 23 heavy (non-hydrogen) atoms. The van der Waals surface area contributed by atoms with E-state index in [1.807, 2.05) is 12.1 Å². The third-order valence-electron chi connectivity index (χ3n) is 3.08. The third kappa shape index (κ3) is 3.78. The monoisotopic (exact) mass is 331 g/mol. The van der Waals surface area contributed by atoms with Gasteiger partial charge in [-0.2, -0.15) is 4.98 Å². The van der Waals surface area contributed by atoms with Gasteiger partial charge in [0.2, 0.25) is 0 Å². The van der Waals surface area contributed by atoms with Gasteiger partial charge in [-0.3, -0.25) is 9.78 Å². The van der Waals surface area contributed by atoms with E-state index in [0.29, 0.717) is 41.4 Å². The quantitative estimate of drug-likeness (QED) is 0.703. The molecule has 1 aromatic carbocycles. The molecule has 0 fully saturated rings. The molecular weight excluding hydrogens is 318 g/mol. The van der Waals surface area contributed by atoms with Crippen molar-refractivity contribution in [1.29, 1.82) is 0 Å². The molecule has 0 aliphatic rings. The van der Waals surface area contributed by atoms with E-state index in [1.54, 1.807) is 30.5 Å². The van der Waals surface area contributed by atoms with E-state index in [4.69, 9.17) is 21.1 Å². The topological polar surface area (TPSA) is 77.1 Å². The van der Waals surface area contributed by atoms with E-state index < -0.39 is 0 Å². The Hall–Kier alpha value is -2.60. The van der Waals surface area contributed by atoms with Gasteiger partial charge in [0.15, 0.2) is 5.65 Å². The highest BCUT2D eigenvalue weighted by Gasteiger charge is 2.05. The Morgan fingerprint density at radius 3 is 2.78 bits per heavy atom. The molecule has 3 rings (SSSR count). The zero-order valence-corrected chi connectivity index (χ0v) is 12.9. The Morgan fingerprint density at radius 2 is 1.91 bits per heavy atom. The molecule has 0 saturated heterocycles. The Morgan fingerprint density at radius 1 is 1.09 bits per heavy atom. The number of halogens is 1. The van der Waals surface area contributed by atoms with Crippen LogP contribution in [-0.2, 0) is 0 Å². The lowest BCUT2D eigenvalue weighted by atomic mass is 10.3. The highest BCUT2D eigenvalue weighted by Crippen LogP contribution is 2.23. The van der Waals surface area contributed by atoms with E-state index >= 15 is 0 Å². The van der Waals surface area contributed by atoms with Crippen molar-refractivity contribution in [2.75, 3.05) is 13.2 Å². The third-order valence-corrected chi connectivity index (χ3v) is 3.39. The van der Waals surface area contributed by atoms with Crippen molar-refractivity contribution in [1.82, 2.24) is 15.0 Å². The number of aromatic nitrogens is 3. The van der Waals surface area contributed by atoms with Gasteiger partial charge in [-0.1, -0.05) is 23.7 Å². The van der Waals surface area contributed by atoms with Crippen LogP contribution in [0.5, 0.6) is 11.8 Å². The lowest BCUT2D eigenvalue weighted by Crippen LogP contribution is -2.13. The SMILES string of the molecule is O=c1[nH]c(OCCCOc2ccccc2Cl)nc2ncccc12. The maximum atomic E-state index is 11.9. The first-order chi connectivity index (χ1) is 11.2. The second-order valence-corrected chi connectivity index (χ2v) is 5.13. The molecule has 0 amide bonds. The van der Waals surface area contributed by atoms with Gasteiger partial charge in [0.05, 0.1) is 23.6 Å². The number of ether oxygens (including phenoxy) is 2. The molecule has 118 valence electrons. The molecule has 1 N–H and O–H groups in total. The highest BCUT2D eigenvalue weighted by molar-refractivity contribution is 6.32. The average molecular weight is 332 g/mol. The zero-order chi connectivity index (χ0) is 16.1. The van der Waals surface area contributed by atoms with Crippen LogP contribution in [0.3, 0.4) is 0 Å². The minimum atomic E-state index is -0.273. The lowest BCUT2D eigenvalue weighted by Gasteiger charge is -2.08. The second kappa shape index (κ2) is 7.11. The number of pyridine rings is 1. The molecule has 0 spiro atoms. The first-order valence-electron chi connectivity index (χ1n) is 7.09. The molecule has 2 aromatic heterocycles. The summed E-state index contributed by atoms with van der Waals surface area (Å²) in [5, 5.41) is 1.00. The van der Waals surface area contributed by atoms with Crippen LogP contribution in [0.4, 0.5) is 0 Å². The van der Waals surface area contributed by atoms with Gasteiger partial charge >= 0.3 is 0 Å². The van der Waals surface area contributed by atoms with E-state index in [2.05, 4.69) is 15.0 Å². The number of benzene rings is 1. The van der Waals surface area contributed by atoms with Crippen LogP contribution in [0.15, 0.2) is 47.4 Å². The molecule has 0 saturated carbocycles. The smallest absolute Gasteiger partial charge is 0.298 e. The minimum absolute atomic E-state index is 0.152. The first kappa shape index (κ1) is 15.3. The summed E-state index contributed by atoms with van der Waals surface area (Å²) < 4.78 is 11.0. The van der Waals surface area contributed by atoms with Crippen molar-refractivity contribution < 1.29 is 9.47 Å². The fourth-order valence-electron chi connectivity index (χ4n) is 1.99. The fraction of sp³-hybridized carbons (Fsp3) is 0.188. The van der Waals surface area contributed by atoms with Crippen molar-refractivity contribution in [3.63, 3.8) is 0 Å². The van der Waals surface area contributed by atoms with E-state index in [1.165, 1.54) is 0 Å². The molecule has 7 heteroatoms. The Labute approximate surface area is 137 Å². The van der Waals surface area contributed by atoms with Gasteiger partial charge in [-0.25, -0.2) is 4.98 Å². The number of hydrogen-bond donors (Lipinski definition) is 1. The molecule has 2 heterocycles. The van der Waals surface area contributed by atoms with Gasteiger partial charge in [-0.15, -0.1) is 0 Å². The van der Waals surface area contributed by atoms with E-state index in [9.17, 15) is 4.79 Å². The van der Waals surface area contributed by atoms with E-state index in [0.717, 1.165) is 0 Å². The average Bonchev–Trinajstić information content (AvgIpc) is 2.56. The molecule has 6 nitrogen and oxygen atoms in total. The number of H-pyrrole nitrogens is 1. The van der Waals surface area contributed by atoms with Gasteiger partial charge in [0.25, 0.3) is 11.6 Å². The van der Waals surface area contributed by atoms with Gasteiger partial charge < -0.3 is 9.47 Å². The van der Waals surface area contributed by atoms with Crippen LogP contribution in [0.2, 0.25) is 5.02 Å². The summed E-state index contributed by atoms with van der Waals surface area (Å²) in [6, 6.07) is 10.8. The van der Waals surface area contributed by atoms with Gasteiger partial charge in [-0.05, 0) is 24.3 Å². The summed E-state index contributed by atoms with van der Waals surface area (Å²) in [4.78, 5) is 22.6. The molecule has 0 atom stereocenters. The Bertz CT molecular complexity index is 866. The summed E-state index contributed by atoms with van der Waals surface area (Å²) in [5.74, 6) is 0.635. The van der Waals surface area contributed by atoms with Crippen molar-refractivity contribution in [3.05, 3.63) is 58.0 Å². The molecule has 0 aliphatic heterocycles. The number of para-hydroxylation sites is 1. The molecule has 0 unspecified atom stereocenters. The Balaban J connectivity index is 1.53. The number of rotatable bonds is 6. The van der Waals surface area contributed by atoms with Crippen LogP contribution in [0.25, 0.3) is 11.0 Å². The first-order valence-corrected chi connectivity index (χ1v) is 7.47. The van der Waals surface area contributed by atoms with Crippen LogP contribution in [0.1, 0.15) is 6.42 Å². The maximum Gasteiger partial charge on any atom is 0.298 e. The molecule has 3 aromatic rings. The number of aromatic amines is 1. The van der Waals surface area contributed by atoms with E-state index in [-0.39, 0.29) is 11.6 Å². The standard InChI is InChI=1S/C16H14ClN3O3/c17-12-6-1-2-7-13(12)22-9-4-10-23-16-19-14-11(15(21)20-16)5-3-8-18-14/h1-3,5-8H,4,9-10H2,(H,18,19,20,21). The normalized spacial score (nSPS) is 10.7. The summed E-state index contributed by atoms with van der Waals surface area (Å²) in [6.07, 6.45) is 2.20. The Kier molecular flexibility index (Phi) is 4.73. The molecule has 0 bridgehead atoms. The molecule has 0 aliphatic carbocycles. The van der Waals surface area contributed by atoms with Gasteiger partial charge in [0.1, 0.15) is 5.75 Å². The van der Waals surface area contributed by atoms with Crippen LogP contribution >= 0.6 is 11.6 Å². The van der Waals surface area contributed by atoms with Crippen LogP contribution < -0.4 is 15.0 Å². The number of hydrogen-bond acceptors (Lipinski definition) is 5. The zero-order valence-electron chi connectivity index (χ0n) is 12.2. The number of fused-ring (bicyclic) bond motifs is 1. The maximum absolute atomic E-state index is 11.9. The predicted molar refractivity (Wildman–Crippen MR) is 87.2 cm³/mol. The van der Waals surface area contributed by atoms with Crippen LogP contribution in [-0.4, -0.2) is 28.2 Å². The van der Waals surface area contributed by atoms with Crippen molar-refractivity contribution in [2.45, 2.75) is 6.42 Å². The lowest BCUT2D eigenvalue weighted by molar-refractivity contribution is 0.236. The molecule has 0 radical (unpaired) electrons. The summed E-state index contributed by atoms with van der Waals surface area (Å²) in [5.41, 5.74) is 0.0870. The summed E-state index contributed by atoms with van der Waals surface area (Å²) >= 11 is 5.99. The fourth-order valence-corrected chi connectivity index (χ4v) is 2.18. The highest BCUT2D eigenvalue weighted by atomic mass is 35.5. The predicted octanol–water partition coefficient (Wildman–Crippen LogP) is 2.82. The van der Waals surface area contributed by atoms with Crippen molar-refractivity contribution >= 4 is 22.6 Å². The van der Waals surface area contributed by atoms with Gasteiger partial charge in [0, 0.05) is 12.6 Å². The number of nitrogens with one attached hydrogen (secondary N) is 1. The molecular formula is C16H14ClN3O3. The minimum Gasteiger partial charge on any atom is -0.492 e. The van der Waals surface area contributed by atoms with Crippen molar-refractivity contribution in [2.24, 2.45) is 0 Å². The number of nitrogens with zero attached hydrogens (tertiary/aromatic N) is 2.